The van der Waals surface area contributed by atoms with Gasteiger partial charge in [-0.15, -0.1) is 0 Å². The van der Waals surface area contributed by atoms with E-state index in [0.29, 0.717) is 22.0 Å². The molecule has 1 N–H and O–H groups in total. The normalized spacial score (nSPS) is 14.3. The van der Waals surface area contributed by atoms with Crippen LogP contribution in [0.2, 0.25) is 0 Å². The fraction of sp³-hybridized carbons (Fsp3) is 0.179. The topological polar surface area (TPSA) is 84.9 Å². The van der Waals surface area contributed by atoms with E-state index in [1.807, 2.05) is 62.4 Å². The molecule has 0 saturated carbocycles. The van der Waals surface area contributed by atoms with Crippen molar-refractivity contribution in [3.63, 3.8) is 0 Å². The standard InChI is InChI=1S/C28H26N2O5S/c1-18-9-10-19(2)22(13-18)29-26(31)17-35-23-12-11-21(14-24(23)34-3)15-25-27(32)30(28(33)36-25)16-20-7-5-4-6-8-20/h4-15H,16-17H2,1-3H3,(H,29,31)/b25-15-. The number of benzene rings is 3. The molecule has 1 aliphatic rings. The molecule has 1 saturated heterocycles. The third-order valence-electron chi connectivity index (χ3n) is 5.57. The summed E-state index contributed by atoms with van der Waals surface area (Å²) in [5.41, 5.74) is 4.30. The van der Waals surface area contributed by atoms with E-state index < -0.39 is 0 Å². The summed E-state index contributed by atoms with van der Waals surface area (Å²) in [5, 5.41) is 2.55. The van der Waals surface area contributed by atoms with Crippen molar-refractivity contribution >= 4 is 40.6 Å². The van der Waals surface area contributed by atoms with Crippen LogP contribution in [0.3, 0.4) is 0 Å². The molecule has 8 heteroatoms. The first-order valence-electron chi connectivity index (χ1n) is 11.3. The van der Waals surface area contributed by atoms with E-state index in [1.165, 1.54) is 12.0 Å². The molecule has 4 rings (SSSR count). The van der Waals surface area contributed by atoms with Crippen LogP contribution in [0.5, 0.6) is 11.5 Å². The van der Waals surface area contributed by atoms with E-state index in [-0.39, 0.29) is 30.2 Å². The van der Waals surface area contributed by atoms with Gasteiger partial charge in [0.25, 0.3) is 17.1 Å². The number of hydrogen-bond acceptors (Lipinski definition) is 6. The number of carbonyl (C=O) groups is 3. The molecule has 184 valence electrons. The van der Waals surface area contributed by atoms with Crippen molar-refractivity contribution in [3.8, 4) is 11.5 Å². The number of aryl methyl sites for hydroxylation is 2. The van der Waals surface area contributed by atoms with Crippen LogP contribution in [0.4, 0.5) is 10.5 Å². The summed E-state index contributed by atoms with van der Waals surface area (Å²) in [6.07, 6.45) is 1.65. The lowest BCUT2D eigenvalue weighted by atomic mass is 10.1. The van der Waals surface area contributed by atoms with Crippen LogP contribution in [-0.2, 0) is 16.1 Å². The number of carbonyl (C=O) groups excluding carboxylic acids is 3. The molecule has 0 aromatic heterocycles. The molecule has 1 aliphatic heterocycles. The third kappa shape index (κ3) is 5.95. The summed E-state index contributed by atoms with van der Waals surface area (Å²) in [6.45, 7) is 3.92. The monoisotopic (exact) mass is 502 g/mol. The zero-order valence-corrected chi connectivity index (χ0v) is 21.1. The van der Waals surface area contributed by atoms with Gasteiger partial charge in [-0.25, -0.2) is 0 Å². The summed E-state index contributed by atoms with van der Waals surface area (Å²) in [5.74, 6) is 0.174. The van der Waals surface area contributed by atoms with Gasteiger partial charge in [0.2, 0.25) is 0 Å². The number of methoxy groups -OCH3 is 1. The number of hydrogen-bond donors (Lipinski definition) is 1. The summed E-state index contributed by atoms with van der Waals surface area (Å²) >= 11 is 0.904. The number of ether oxygens (including phenoxy) is 2. The molecular weight excluding hydrogens is 476 g/mol. The first kappa shape index (κ1) is 25.1. The van der Waals surface area contributed by atoms with Crippen molar-refractivity contribution in [2.45, 2.75) is 20.4 Å². The summed E-state index contributed by atoms with van der Waals surface area (Å²) in [7, 11) is 1.50. The minimum atomic E-state index is -0.337. The maximum atomic E-state index is 12.8. The zero-order valence-electron chi connectivity index (χ0n) is 20.2. The third-order valence-corrected chi connectivity index (χ3v) is 6.48. The molecule has 0 bridgehead atoms. The zero-order chi connectivity index (χ0) is 25.7. The molecule has 1 heterocycles. The molecule has 3 amide bonds. The lowest BCUT2D eigenvalue weighted by Crippen LogP contribution is -2.27. The van der Waals surface area contributed by atoms with Gasteiger partial charge in [-0.05, 0) is 72.1 Å². The number of nitrogens with one attached hydrogen (secondary N) is 1. The van der Waals surface area contributed by atoms with Gasteiger partial charge in [-0.2, -0.15) is 0 Å². The minimum Gasteiger partial charge on any atom is -0.493 e. The predicted octanol–water partition coefficient (Wildman–Crippen LogP) is 5.57. The molecule has 0 spiro atoms. The Bertz CT molecular complexity index is 1340. The number of thioether (sulfide) groups is 1. The molecule has 1 fully saturated rings. The Kier molecular flexibility index (Phi) is 7.75. The molecule has 0 aliphatic carbocycles. The minimum absolute atomic E-state index is 0.193. The van der Waals surface area contributed by atoms with Crippen molar-refractivity contribution in [1.82, 2.24) is 4.90 Å². The van der Waals surface area contributed by atoms with Crippen LogP contribution in [0.15, 0.2) is 71.6 Å². The van der Waals surface area contributed by atoms with E-state index in [4.69, 9.17) is 9.47 Å². The maximum absolute atomic E-state index is 12.8. The number of nitrogens with zero attached hydrogens (tertiary/aromatic N) is 1. The number of imide groups is 1. The Morgan fingerprint density at radius 2 is 1.78 bits per heavy atom. The van der Waals surface area contributed by atoms with Crippen LogP contribution < -0.4 is 14.8 Å². The first-order valence-corrected chi connectivity index (χ1v) is 12.1. The fourth-order valence-corrected chi connectivity index (χ4v) is 4.49. The van der Waals surface area contributed by atoms with E-state index in [2.05, 4.69) is 5.32 Å². The second kappa shape index (κ2) is 11.1. The smallest absolute Gasteiger partial charge is 0.293 e. The molecule has 36 heavy (non-hydrogen) atoms. The molecule has 0 radical (unpaired) electrons. The number of rotatable bonds is 8. The highest BCUT2D eigenvalue weighted by Crippen LogP contribution is 2.35. The molecular formula is C28H26N2O5S. The van der Waals surface area contributed by atoms with Gasteiger partial charge in [-0.3, -0.25) is 19.3 Å². The maximum Gasteiger partial charge on any atom is 0.293 e. The number of amides is 3. The molecule has 3 aromatic rings. The van der Waals surface area contributed by atoms with Gasteiger partial charge in [0.15, 0.2) is 18.1 Å². The molecule has 7 nitrogen and oxygen atoms in total. The van der Waals surface area contributed by atoms with Crippen LogP contribution in [0.25, 0.3) is 6.08 Å². The van der Waals surface area contributed by atoms with E-state index >= 15 is 0 Å². The average molecular weight is 503 g/mol. The summed E-state index contributed by atoms with van der Waals surface area (Å²) < 4.78 is 11.1. The molecule has 0 atom stereocenters. The second-order valence-electron chi connectivity index (χ2n) is 8.32. The van der Waals surface area contributed by atoms with Crippen molar-refractivity contribution < 1.29 is 23.9 Å². The van der Waals surface area contributed by atoms with E-state index in [1.54, 1.807) is 24.3 Å². The fourth-order valence-electron chi connectivity index (χ4n) is 3.65. The van der Waals surface area contributed by atoms with Gasteiger partial charge in [-0.1, -0.05) is 48.5 Å². The highest BCUT2D eigenvalue weighted by molar-refractivity contribution is 8.18. The van der Waals surface area contributed by atoms with Gasteiger partial charge >= 0.3 is 0 Å². The van der Waals surface area contributed by atoms with Gasteiger partial charge < -0.3 is 14.8 Å². The Labute approximate surface area is 214 Å². The van der Waals surface area contributed by atoms with E-state index in [9.17, 15) is 14.4 Å². The summed E-state index contributed by atoms with van der Waals surface area (Å²) in [6, 6.07) is 20.3. The lowest BCUT2D eigenvalue weighted by molar-refractivity contribution is -0.123. The van der Waals surface area contributed by atoms with Crippen molar-refractivity contribution in [2.24, 2.45) is 0 Å². The van der Waals surface area contributed by atoms with Crippen LogP contribution in [0, 0.1) is 13.8 Å². The molecule has 0 unspecified atom stereocenters. The Balaban J connectivity index is 1.42. The predicted molar refractivity (Wildman–Crippen MR) is 141 cm³/mol. The first-order chi connectivity index (χ1) is 17.3. The van der Waals surface area contributed by atoms with Gasteiger partial charge in [0, 0.05) is 5.69 Å². The van der Waals surface area contributed by atoms with Crippen LogP contribution in [-0.4, -0.2) is 35.7 Å². The highest BCUT2D eigenvalue weighted by atomic mass is 32.2. The summed E-state index contributed by atoms with van der Waals surface area (Å²) in [4.78, 5) is 39.2. The van der Waals surface area contributed by atoms with Crippen molar-refractivity contribution in [3.05, 3.63) is 93.9 Å². The second-order valence-corrected chi connectivity index (χ2v) is 9.31. The Morgan fingerprint density at radius 3 is 2.53 bits per heavy atom. The Morgan fingerprint density at radius 1 is 1.00 bits per heavy atom. The quantitative estimate of drug-likeness (QED) is 0.406. The van der Waals surface area contributed by atoms with Crippen molar-refractivity contribution in [2.75, 3.05) is 19.0 Å². The Hall–Kier alpha value is -4.04. The highest BCUT2D eigenvalue weighted by Gasteiger charge is 2.35. The number of anilines is 1. The van der Waals surface area contributed by atoms with Crippen LogP contribution >= 0.6 is 11.8 Å². The lowest BCUT2D eigenvalue weighted by Gasteiger charge is -2.13. The average Bonchev–Trinajstić information content (AvgIpc) is 3.13. The van der Waals surface area contributed by atoms with Crippen molar-refractivity contribution in [1.29, 1.82) is 0 Å². The largest absolute Gasteiger partial charge is 0.493 e. The van der Waals surface area contributed by atoms with Gasteiger partial charge in [0.1, 0.15) is 0 Å². The van der Waals surface area contributed by atoms with Gasteiger partial charge in [0.05, 0.1) is 18.6 Å². The SMILES string of the molecule is COc1cc(/C=C2\SC(=O)N(Cc3ccccc3)C2=O)ccc1OCC(=O)Nc1cc(C)ccc1C. The van der Waals surface area contributed by atoms with E-state index in [0.717, 1.165) is 34.1 Å². The molecule has 3 aromatic carbocycles. The van der Waals surface area contributed by atoms with Crippen LogP contribution in [0.1, 0.15) is 22.3 Å².